The molecule has 0 atom stereocenters. The van der Waals surface area contributed by atoms with Gasteiger partial charge in [-0.2, -0.15) is 0 Å². The molecule has 27 heavy (non-hydrogen) atoms. The summed E-state index contributed by atoms with van der Waals surface area (Å²) in [5, 5.41) is 12.9. The van der Waals surface area contributed by atoms with Gasteiger partial charge < -0.3 is 14.6 Å². The zero-order valence-electron chi connectivity index (χ0n) is 15.1. The second kappa shape index (κ2) is 8.35. The Hall–Kier alpha value is -2.67. The molecule has 140 valence electrons. The van der Waals surface area contributed by atoms with Crippen LogP contribution in [0, 0.1) is 0 Å². The first-order valence-electron chi connectivity index (χ1n) is 9.29. The molecule has 1 fully saturated rings. The number of aromatic nitrogens is 2. The van der Waals surface area contributed by atoms with Crippen molar-refractivity contribution in [2.75, 3.05) is 23.3 Å². The number of aryl methyl sites for hydroxylation is 1. The van der Waals surface area contributed by atoms with Crippen molar-refractivity contribution < 1.29 is 9.21 Å². The standard InChI is InChI=1S/C20H22N4O2S/c25-18(10-11-19-22-23-20(26-19)17-5-4-14-27-17)21-15-6-8-16(9-7-15)24-12-2-1-3-13-24/h4-9,14H,1-3,10-13H2,(H,21,25). The van der Waals surface area contributed by atoms with E-state index in [0.29, 0.717) is 24.6 Å². The van der Waals surface area contributed by atoms with Crippen molar-refractivity contribution >= 4 is 28.6 Å². The zero-order valence-corrected chi connectivity index (χ0v) is 15.9. The van der Waals surface area contributed by atoms with E-state index in [1.165, 1.54) is 24.9 Å². The maximum absolute atomic E-state index is 12.2. The molecular formula is C20H22N4O2S. The van der Waals surface area contributed by atoms with Crippen molar-refractivity contribution in [2.45, 2.75) is 32.1 Å². The van der Waals surface area contributed by atoms with Gasteiger partial charge in [0.2, 0.25) is 11.8 Å². The molecule has 1 saturated heterocycles. The molecular weight excluding hydrogens is 360 g/mol. The number of rotatable bonds is 6. The summed E-state index contributed by atoms with van der Waals surface area (Å²) in [6, 6.07) is 11.9. The van der Waals surface area contributed by atoms with Gasteiger partial charge in [-0.05, 0) is 55.0 Å². The second-order valence-corrected chi connectivity index (χ2v) is 7.57. The SMILES string of the molecule is O=C(CCc1nnc(-c2cccs2)o1)Nc1ccc(N2CCCCC2)cc1. The smallest absolute Gasteiger partial charge is 0.257 e. The summed E-state index contributed by atoms with van der Waals surface area (Å²) in [5.74, 6) is 0.930. The van der Waals surface area contributed by atoms with Gasteiger partial charge in [0, 0.05) is 37.3 Å². The molecule has 2 aromatic heterocycles. The van der Waals surface area contributed by atoms with Crippen molar-refractivity contribution in [1.82, 2.24) is 10.2 Å². The van der Waals surface area contributed by atoms with Gasteiger partial charge in [-0.25, -0.2) is 0 Å². The Kier molecular flexibility index (Phi) is 5.48. The van der Waals surface area contributed by atoms with Crippen LogP contribution < -0.4 is 10.2 Å². The fourth-order valence-electron chi connectivity index (χ4n) is 3.21. The number of anilines is 2. The fourth-order valence-corrected chi connectivity index (χ4v) is 3.85. The second-order valence-electron chi connectivity index (χ2n) is 6.62. The maximum atomic E-state index is 12.2. The van der Waals surface area contributed by atoms with Crippen LogP contribution in [0.2, 0.25) is 0 Å². The minimum absolute atomic E-state index is 0.0587. The molecule has 3 heterocycles. The summed E-state index contributed by atoms with van der Waals surface area (Å²) in [4.78, 5) is 15.5. The Labute approximate surface area is 162 Å². The molecule has 3 aromatic rings. The van der Waals surface area contributed by atoms with Crippen molar-refractivity contribution in [3.8, 4) is 10.8 Å². The summed E-state index contributed by atoms with van der Waals surface area (Å²) in [6.07, 6.45) is 4.56. The van der Waals surface area contributed by atoms with Crippen molar-refractivity contribution in [3.05, 3.63) is 47.7 Å². The van der Waals surface area contributed by atoms with Crippen molar-refractivity contribution in [1.29, 1.82) is 0 Å². The number of benzene rings is 1. The number of thiophene rings is 1. The summed E-state index contributed by atoms with van der Waals surface area (Å²) in [7, 11) is 0. The Morgan fingerprint density at radius 2 is 1.93 bits per heavy atom. The predicted molar refractivity (Wildman–Crippen MR) is 107 cm³/mol. The summed E-state index contributed by atoms with van der Waals surface area (Å²) < 4.78 is 5.61. The van der Waals surface area contributed by atoms with Crippen LogP contribution in [0.5, 0.6) is 0 Å². The van der Waals surface area contributed by atoms with E-state index in [1.54, 1.807) is 11.3 Å². The van der Waals surface area contributed by atoms with Gasteiger partial charge in [0.1, 0.15) is 0 Å². The van der Waals surface area contributed by atoms with E-state index < -0.39 is 0 Å². The van der Waals surface area contributed by atoms with Crippen LogP contribution in [0.25, 0.3) is 10.8 Å². The Balaban J connectivity index is 1.28. The molecule has 1 amide bonds. The van der Waals surface area contributed by atoms with E-state index in [1.807, 2.05) is 29.6 Å². The van der Waals surface area contributed by atoms with Gasteiger partial charge in [0.05, 0.1) is 4.88 Å². The Morgan fingerprint density at radius 3 is 2.67 bits per heavy atom. The van der Waals surface area contributed by atoms with Gasteiger partial charge in [0.25, 0.3) is 5.89 Å². The Morgan fingerprint density at radius 1 is 1.11 bits per heavy atom. The molecule has 0 aliphatic carbocycles. The summed E-state index contributed by atoms with van der Waals surface area (Å²) in [6.45, 7) is 2.23. The Bertz CT molecular complexity index is 868. The lowest BCUT2D eigenvalue weighted by Crippen LogP contribution is -2.29. The van der Waals surface area contributed by atoms with Gasteiger partial charge >= 0.3 is 0 Å². The van der Waals surface area contributed by atoms with Crippen LogP contribution in [0.15, 0.2) is 46.2 Å². The van der Waals surface area contributed by atoms with Gasteiger partial charge in [0.15, 0.2) is 0 Å². The molecule has 1 aliphatic rings. The van der Waals surface area contributed by atoms with Gasteiger partial charge in [-0.1, -0.05) is 6.07 Å². The first-order valence-corrected chi connectivity index (χ1v) is 10.2. The van der Waals surface area contributed by atoms with Crippen LogP contribution in [-0.4, -0.2) is 29.2 Å². The third kappa shape index (κ3) is 4.54. The number of nitrogens with one attached hydrogen (secondary N) is 1. The molecule has 0 unspecified atom stereocenters. The van der Waals surface area contributed by atoms with Crippen LogP contribution in [0.4, 0.5) is 11.4 Å². The molecule has 0 bridgehead atoms. The quantitative estimate of drug-likeness (QED) is 0.686. The molecule has 1 aromatic carbocycles. The molecule has 6 nitrogen and oxygen atoms in total. The highest BCUT2D eigenvalue weighted by Crippen LogP contribution is 2.24. The lowest BCUT2D eigenvalue weighted by atomic mass is 10.1. The van der Waals surface area contributed by atoms with Crippen LogP contribution in [0.1, 0.15) is 31.6 Å². The first kappa shape index (κ1) is 17.7. The van der Waals surface area contributed by atoms with E-state index in [-0.39, 0.29) is 5.91 Å². The minimum Gasteiger partial charge on any atom is -0.420 e. The van der Waals surface area contributed by atoms with Crippen LogP contribution in [0.3, 0.4) is 0 Å². The normalized spacial score (nSPS) is 14.3. The lowest BCUT2D eigenvalue weighted by molar-refractivity contribution is -0.116. The zero-order chi connectivity index (χ0) is 18.5. The molecule has 7 heteroatoms. The summed E-state index contributed by atoms with van der Waals surface area (Å²) >= 11 is 1.55. The molecule has 0 saturated carbocycles. The number of hydrogen-bond acceptors (Lipinski definition) is 6. The van der Waals surface area contributed by atoms with Crippen LogP contribution in [-0.2, 0) is 11.2 Å². The average Bonchev–Trinajstić information content (AvgIpc) is 3.39. The monoisotopic (exact) mass is 382 g/mol. The number of amides is 1. The van der Waals surface area contributed by atoms with E-state index in [2.05, 4.69) is 32.5 Å². The van der Waals surface area contributed by atoms with Crippen LogP contribution >= 0.6 is 11.3 Å². The molecule has 0 spiro atoms. The summed E-state index contributed by atoms with van der Waals surface area (Å²) in [5.41, 5.74) is 2.03. The number of carbonyl (C=O) groups is 1. The minimum atomic E-state index is -0.0587. The highest BCUT2D eigenvalue weighted by Gasteiger charge is 2.13. The molecule has 0 radical (unpaired) electrons. The third-order valence-corrected chi connectivity index (χ3v) is 5.49. The van der Waals surface area contributed by atoms with E-state index in [4.69, 9.17) is 4.42 Å². The molecule has 1 aliphatic heterocycles. The number of carbonyl (C=O) groups excluding carboxylic acids is 1. The highest BCUT2D eigenvalue weighted by atomic mass is 32.1. The number of piperidine rings is 1. The van der Waals surface area contributed by atoms with Gasteiger partial charge in [-0.15, -0.1) is 21.5 Å². The fraction of sp³-hybridized carbons (Fsp3) is 0.350. The molecule has 1 N–H and O–H groups in total. The number of nitrogens with zero attached hydrogens (tertiary/aromatic N) is 3. The highest BCUT2D eigenvalue weighted by molar-refractivity contribution is 7.13. The largest absolute Gasteiger partial charge is 0.420 e. The van der Waals surface area contributed by atoms with Crippen molar-refractivity contribution in [3.63, 3.8) is 0 Å². The van der Waals surface area contributed by atoms with E-state index in [9.17, 15) is 4.79 Å². The topological polar surface area (TPSA) is 71.3 Å². The maximum Gasteiger partial charge on any atom is 0.257 e. The van der Waals surface area contributed by atoms with Gasteiger partial charge in [-0.3, -0.25) is 4.79 Å². The average molecular weight is 382 g/mol. The molecule has 4 rings (SSSR count). The first-order chi connectivity index (χ1) is 13.3. The van der Waals surface area contributed by atoms with E-state index >= 15 is 0 Å². The third-order valence-electron chi connectivity index (χ3n) is 4.64. The van der Waals surface area contributed by atoms with E-state index in [0.717, 1.165) is 23.7 Å². The predicted octanol–water partition coefficient (Wildman–Crippen LogP) is 4.36. The van der Waals surface area contributed by atoms with Crippen molar-refractivity contribution in [2.24, 2.45) is 0 Å². The lowest BCUT2D eigenvalue weighted by Gasteiger charge is -2.28. The number of hydrogen-bond donors (Lipinski definition) is 1.